The van der Waals surface area contributed by atoms with Crippen molar-refractivity contribution < 1.29 is 66.3 Å². The van der Waals surface area contributed by atoms with Gasteiger partial charge in [-0.3, -0.25) is 0 Å². The maximum Gasteiger partial charge on any atom is 0.172 e. The highest BCUT2D eigenvalue weighted by Gasteiger charge is 2.58. The highest BCUT2D eigenvalue weighted by molar-refractivity contribution is 9.14. The molecule has 14 bridgehead atoms. The highest BCUT2D eigenvalue weighted by Crippen LogP contribution is 2.48. The number of alkyl halides is 21. The molecule has 0 N–H and O–H groups in total. The van der Waals surface area contributed by atoms with E-state index < -0.39 is 129 Å². The van der Waals surface area contributed by atoms with Crippen LogP contribution in [0.2, 0.25) is 0 Å². The van der Waals surface area contributed by atoms with Crippen LogP contribution >= 0.6 is 335 Å². The van der Waals surface area contributed by atoms with Gasteiger partial charge in [0.2, 0.25) is 0 Å². The van der Waals surface area contributed by atoms with Crippen molar-refractivity contribution in [1.82, 2.24) is 0 Å². The lowest BCUT2D eigenvalue weighted by molar-refractivity contribution is -0.310. The first kappa shape index (κ1) is 72.4. The summed E-state index contributed by atoms with van der Waals surface area (Å²) in [4.78, 5) is -4.61. The third kappa shape index (κ3) is 16.3. The van der Waals surface area contributed by atoms with Gasteiger partial charge in [-0.05, 0) is 0 Å². The summed E-state index contributed by atoms with van der Waals surface area (Å²) in [5.74, 6) is 0. The van der Waals surface area contributed by atoms with Crippen LogP contribution in [0.3, 0.4) is 0 Å². The van der Waals surface area contributed by atoms with Crippen molar-refractivity contribution >= 4 is 335 Å². The second-order valence-corrected chi connectivity index (χ2v) is 38.1. The molecule has 21 aliphatic heterocycles. The Labute approximate surface area is 624 Å². The second kappa shape index (κ2) is 33.3. The van der Waals surface area contributed by atoms with E-state index in [1.807, 2.05) is 0 Å². The summed E-state index contributed by atoms with van der Waals surface area (Å²) in [6.45, 7) is 0. The van der Waals surface area contributed by atoms with Gasteiger partial charge in [0.05, 0.1) is 110 Å². The van der Waals surface area contributed by atoms with Crippen LogP contribution in [0.5, 0.6) is 0 Å². The average Bonchev–Trinajstić information content (AvgIpc) is 3.45. The van der Waals surface area contributed by atoms with Crippen molar-refractivity contribution in [3.05, 3.63) is 0 Å². The molecule has 0 saturated carbocycles. The van der Waals surface area contributed by atoms with Crippen LogP contribution in [0.15, 0.2) is 0 Å². The predicted octanol–water partition coefficient (Wildman–Crippen LogP) is 14.2. The van der Waals surface area contributed by atoms with Crippen LogP contribution < -0.4 is 0 Å². The van der Waals surface area contributed by atoms with E-state index >= 15 is 0 Å². The summed E-state index contributed by atoms with van der Waals surface area (Å²) in [5.41, 5.74) is 0. The minimum absolute atomic E-state index is 0.292. The fourth-order valence-electron chi connectivity index (χ4n) is 9.87. The van der Waals surface area contributed by atoms with E-state index in [0.717, 1.165) is 0 Å². The molecular formula is C42H49Br21O14. The zero-order chi connectivity index (χ0) is 56.1. The Bertz CT molecular complexity index is 1500. The summed E-state index contributed by atoms with van der Waals surface area (Å²) in [6.07, 6.45) is -11.8. The topological polar surface area (TPSA) is 129 Å². The lowest BCUT2D eigenvalue weighted by Gasteiger charge is -2.50. The zero-order valence-electron chi connectivity index (χ0n) is 38.8. The van der Waals surface area contributed by atoms with Gasteiger partial charge in [0.1, 0.15) is 42.7 Å². The van der Waals surface area contributed by atoms with Gasteiger partial charge in [-0.1, -0.05) is 335 Å². The van der Waals surface area contributed by atoms with Gasteiger partial charge in [-0.2, -0.15) is 0 Å². The number of halogens is 21. The van der Waals surface area contributed by atoms with Gasteiger partial charge in [0.15, 0.2) is 44.0 Å². The van der Waals surface area contributed by atoms with E-state index in [2.05, 4.69) is 335 Å². The quantitative estimate of drug-likeness (QED) is 0.224. The number of hydrogen-bond donors (Lipinski definition) is 0. The van der Waals surface area contributed by atoms with Gasteiger partial charge in [0.25, 0.3) is 0 Å². The Morgan fingerprint density at radius 1 is 0.156 bits per heavy atom. The fraction of sp³-hybridized carbons (Fsp3) is 1.00. The molecular weight excluding hydrogens is 2410 g/mol. The molecule has 0 aromatic carbocycles. The molecule has 21 fully saturated rings. The Morgan fingerprint density at radius 3 is 0.351 bits per heavy atom. The molecule has 0 aliphatic carbocycles. The lowest BCUT2D eigenvalue weighted by Crippen LogP contribution is -2.64. The summed E-state index contributed by atoms with van der Waals surface area (Å²) in [5, 5.41) is 3.10. The summed E-state index contributed by atoms with van der Waals surface area (Å²) in [7, 11) is 0. The average molecular weight is 2460 g/mol. The van der Waals surface area contributed by atoms with Crippen molar-refractivity contribution in [3.63, 3.8) is 0 Å². The summed E-state index contributed by atoms with van der Waals surface area (Å²) < 4.78 is 95.7. The zero-order valence-corrected chi connectivity index (χ0v) is 72.1. The van der Waals surface area contributed by atoms with E-state index in [9.17, 15) is 0 Å². The minimum Gasteiger partial charge on any atom is -0.345 e. The van der Waals surface area contributed by atoms with Crippen molar-refractivity contribution in [2.24, 2.45) is 0 Å². The van der Waals surface area contributed by atoms with Crippen molar-refractivity contribution in [2.75, 3.05) is 37.3 Å². The minimum atomic E-state index is -0.723. The predicted molar refractivity (Wildman–Crippen MR) is 369 cm³/mol. The lowest BCUT2D eigenvalue weighted by atomic mass is 10.0. The molecule has 0 amide bonds. The molecule has 21 saturated heterocycles. The molecule has 0 unspecified atom stereocenters. The van der Waals surface area contributed by atoms with E-state index in [-0.39, 0.29) is 67.6 Å². The third-order valence-corrected chi connectivity index (χ3v) is 38.1. The molecule has 14 nitrogen and oxygen atoms in total. The van der Waals surface area contributed by atoms with Crippen molar-refractivity contribution in [2.45, 2.75) is 197 Å². The molecule has 448 valence electrons. The van der Waals surface area contributed by atoms with Crippen molar-refractivity contribution in [3.8, 4) is 0 Å². The largest absolute Gasteiger partial charge is 0.345 e. The highest BCUT2D eigenvalue weighted by atomic mass is 79.9. The van der Waals surface area contributed by atoms with Crippen LogP contribution in [-0.2, 0) is 66.3 Å². The van der Waals surface area contributed by atoms with Gasteiger partial charge in [-0.25, -0.2) is 0 Å². The Morgan fingerprint density at radius 2 is 0.260 bits per heavy atom. The second-order valence-electron chi connectivity index (χ2n) is 18.8. The molecule has 21 rings (SSSR count). The maximum absolute atomic E-state index is 6.91. The van der Waals surface area contributed by atoms with E-state index in [4.69, 9.17) is 66.3 Å². The van der Waals surface area contributed by atoms with E-state index in [0.29, 0.717) is 37.3 Å². The van der Waals surface area contributed by atoms with Crippen LogP contribution in [0.4, 0.5) is 0 Å². The molecule has 21 heterocycles. The number of ether oxygens (including phenoxy) is 14. The van der Waals surface area contributed by atoms with Gasteiger partial charge in [0, 0.05) is 37.3 Å². The van der Waals surface area contributed by atoms with Crippen LogP contribution in [-0.4, -0.2) is 234 Å². The first-order chi connectivity index (χ1) is 36.7. The van der Waals surface area contributed by atoms with Crippen LogP contribution in [0, 0.1) is 0 Å². The Kier molecular flexibility index (Phi) is 31.3. The smallest absolute Gasteiger partial charge is 0.172 e. The van der Waals surface area contributed by atoms with Gasteiger partial charge in [-0.15, -0.1) is 0 Å². The summed E-state index contributed by atoms with van der Waals surface area (Å²) in [6, 6.07) is 0. The molecule has 35 heteroatoms. The van der Waals surface area contributed by atoms with E-state index in [1.165, 1.54) is 0 Å². The number of rotatable bonds is 7. The van der Waals surface area contributed by atoms with Gasteiger partial charge >= 0.3 is 0 Å². The van der Waals surface area contributed by atoms with Crippen molar-refractivity contribution in [1.29, 1.82) is 0 Å². The maximum atomic E-state index is 6.91. The molecule has 0 spiro atoms. The molecule has 35 atom stereocenters. The Hall–Kier alpha value is 9.52. The SMILES string of the molecule is BrC[C@H]1O[C@@H]2O[C@H]3[C@H](Br)[C@@H](Br)[C@@H](O[C@H]4[C@H](Br)[C@@H](Br)[C@@H](O[C@H]5[C@H](Br)[C@@H](Br)[C@@H](O[C@H]6[C@H](Br)[C@@H](Br)[C@@H](O[C@H]7[C@H](Br)[C@@H](Br)[C@@H](O[C@H]8[C@H](Br)[C@@H](Br)[C@@H](O[C@H]1[C@H](Br)[C@H]2Br)O[C@@H]8CBr)O[C@@H]7CBr)O[C@@H]6CBr)O[C@@H]5CBr)O[C@@H]4CBr)O[C@@H]3CBr. The third-order valence-electron chi connectivity index (χ3n) is 14.0. The van der Waals surface area contributed by atoms with Gasteiger partial charge < -0.3 is 66.3 Å². The first-order valence-electron chi connectivity index (χ1n) is 23.7. The molecule has 0 radical (unpaired) electrons. The standard InChI is InChI=1S/C42H49Br21O14/c43-1-8-29-15(50)22(57)36(64-8)72-30-9(2-44)66-38(24(59)17(30)52)74-32-11(4-46)68-40(26(61)19(32)54)76-34-13(6-48)70-42(28(63)21(34)56)77-35-14(7-49)69-41(27(62)20(35)55)75-33-12(5-47)67-39(25(60)18(33)53)73-31-10(3-45)65-37(71-29)23(58)16(31)51/h8-42H,1-7H2/t8-,9-,10-,11-,12-,13-,14-,15-,16-,17-,18-,19-,20-,21-,22-,23-,24-,25-,26-,27-,28-,29-,30-,31-,32-,33-,34-,35-,36-,37-,38-,39-,40-,41-,42-/m1/s1. The Balaban J connectivity index is 1.08. The van der Waals surface area contributed by atoms with E-state index in [1.54, 1.807) is 0 Å². The first-order valence-corrected chi connectivity index (χ1v) is 44.4. The van der Waals surface area contributed by atoms with Crippen LogP contribution in [0.25, 0.3) is 0 Å². The molecule has 0 aromatic heterocycles. The monoisotopic (exact) mass is 2430 g/mol. The fourth-order valence-corrected chi connectivity index (χ4v) is 22.4. The normalized spacial score (nSPS) is 55.4. The molecule has 0 aromatic rings. The molecule has 77 heavy (non-hydrogen) atoms. The number of hydrogen-bond acceptors (Lipinski definition) is 14. The van der Waals surface area contributed by atoms with Crippen LogP contribution in [0.1, 0.15) is 0 Å². The summed E-state index contributed by atoms with van der Waals surface area (Å²) >= 11 is 81.5. The molecule has 21 aliphatic rings.